The van der Waals surface area contributed by atoms with Gasteiger partial charge in [0.05, 0.1) is 0 Å². The molecule has 0 amide bonds. The summed E-state index contributed by atoms with van der Waals surface area (Å²) in [4.78, 5) is 0. The third-order valence-corrected chi connectivity index (χ3v) is 9.35. The molecule has 0 aromatic heterocycles. The van der Waals surface area contributed by atoms with E-state index < -0.39 is 8.32 Å². The SMILES string of the molecule is C=C=[C-]CCCO[Si](c1ccccc1)(c1ccccc1)C(C)(C)C.[C-]#N.[Cu+].[Zn+][I]. The van der Waals surface area contributed by atoms with Crippen LogP contribution in [0.3, 0.4) is 0 Å². The summed E-state index contributed by atoms with van der Waals surface area (Å²) in [5.74, 6) is 0. The Labute approximate surface area is 209 Å². The average molecular weight is 617 g/mol. The van der Waals surface area contributed by atoms with Gasteiger partial charge in [-0.2, -0.15) is 0 Å². The molecule has 0 aliphatic carbocycles. The van der Waals surface area contributed by atoms with Crippen LogP contribution in [-0.2, 0) is 36.3 Å². The zero-order chi connectivity index (χ0) is 21.5. The molecular weight excluding hydrogens is 590 g/mol. The molecule has 2 rings (SSSR count). The van der Waals surface area contributed by atoms with Gasteiger partial charge >= 0.3 is 51.6 Å². The molecule has 2 aromatic rings. The van der Waals surface area contributed by atoms with Gasteiger partial charge in [-0.05, 0) is 21.8 Å². The summed E-state index contributed by atoms with van der Waals surface area (Å²) in [6, 6.07) is 21.5. The summed E-state index contributed by atoms with van der Waals surface area (Å²) in [6.45, 7) is 15.9. The van der Waals surface area contributed by atoms with Gasteiger partial charge in [0.2, 0.25) is 0 Å². The second kappa shape index (κ2) is 17.2. The Morgan fingerprint density at radius 2 is 1.45 bits per heavy atom. The molecule has 6 heteroatoms. The molecule has 0 unspecified atom stereocenters. The average Bonchev–Trinajstić information content (AvgIpc) is 2.74. The summed E-state index contributed by atoms with van der Waals surface area (Å²) in [5.41, 5.74) is 2.71. The standard InChI is InChI=1S/C22H27OSi.CN.Cu.HI.Zn/c1-5-6-7-14-19-23-24(22(2,3)4,20-15-10-8-11-16-20)21-17-12-9-13-18-21;1-2;;;/h8-13,15-18H,1,7,14,19H2,2-4H3;;;1H;/q2*-1;+1;;+2/p-1. The fraction of sp³-hybridized carbons (Fsp3) is 0.304. The second-order valence-electron chi connectivity index (χ2n) is 6.97. The predicted octanol–water partition coefficient (Wildman–Crippen LogP) is 5.46. The molecule has 2 nitrogen and oxygen atoms in total. The number of hydrogen-bond acceptors (Lipinski definition) is 2. The molecule has 29 heavy (non-hydrogen) atoms. The van der Waals surface area contributed by atoms with Crippen LogP contribution >= 0.6 is 19.8 Å². The van der Waals surface area contributed by atoms with E-state index in [1.54, 1.807) is 0 Å². The quantitative estimate of drug-likeness (QED) is 0.136. The molecule has 0 spiro atoms. The maximum atomic E-state index is 6.76. The minimum atomic E-state index is -2.37. The van der Waals surface area contributed by atoms with Gasteiger partial charge in [-0.15, -0.1) is 6.42 Å². The molecule has 0 aliphatic rings. The van der Waals surface area contributed by atoms with Crippen molar-refractivity contribution in [2.45, 2.75) is 38.7 Å². The van der Waals surface area contributed by atoms with Crippen LogP contribution in [0.2, 0.25) is 5.04 Å². The van der Waals surface area contributed by atoms with Gasteiger partial charge < -0.3 is 22.0 Å². The molecule has 0 atom stereocenters. The molecule has 0 saturated carbocycles. The van der Waals surface area contributed by atoms with Crippen molar-refractivity contribution in [3.63, 3.8) is 0 Å². The summed E-state index contributed by atoms with van der Waals surface area (Å²) in [7, 11) is -2.37. The summed E-state index contributed by atoms with van der Waals surface area (Å²) < 4.78 is 6.76. The van der Waals surface area contributed by atoms with Gasteiger partial charge in [0.25, 0.3) is 8.32 Å². The van der Waals surface area contributed by atoms with E-state index in [4.69, 9.17) is 16.3 Å². The van der Waals surface area contributed by atoms with Crippen molar-refractivity contribution in [2.75, 3.05) is 6.61 Å². The van der Waals surface area contributed by atoms with Gasteiger partial charge in [-0.25, -0.2) is 12.7 Å². The third kappa shape index (κ3) is 9.03. The van der Waals surface area contributed by atoms with E-state index in [2.05, 4.69) is 120 Å². The number of unbranched alkanes of at least 4 members (excludes halogenated alkanes) is 1. The first-order valence-corrected chi connectivity index (χ1v) is 20.0. The van der Waals surface area contributed by atoms with E-state index in [9.17, 15) is 0 Å². The van der Waals surface area contributed by atoms with E-state index in [0.29, 0.717) is 0 Å². The zero-order valence-electron chi connectivity index (χ0n) is 17.3. The molecule has 0 bridgehead atoms. The molecule has 2 aromatic carbocycles. The fourth-order valence-electron chi connectivity index (χ4n) is 3.24. The van der Waals surface area contributed by atoms with Crippen molar-refractivity contribution in [1.29, 1.82) is 5.26 Å². The van der Waals surface area contributed by atoms with Crippen molar-refractivity contribution < 1.29 is 36.3 Å². The first-order valence-electron chi connectivity index (χ1n) is 9.01. The number of halogens is 1. The fourth-order valence-corrected chi connectivity index (χ4v) is 7.84. The predicted molar refractivity (Wildman–Crippen MR) is 124 cm³/mol. The van der Waals surface area contributed by atoms with Crippen LogP contribution in [0.15, 0.2) is 73.0 Å². The van der Waals surface area contributed by atoms with E-state index >= 15 is 0 Å². The molecule has 0 saturated heterocycles. The Kier molecular flexibility index (Phi) is 18.2. The molecule has 0 fully saturated rings. The van der Waals surface area contributed by atoms with Crippen LogP contribution in [0.4, 0.5) is 0 Å². The molecule has 0 aliphatic heterocycles. The van der Waals surface area contributed by atoms with E-state index in [1.165, 1.54) is 25.2 Å². The van der Waals surface area contributed by atoms with E-state index in [0.717, 1.165) is 19.4 Å². The van der Waals surface area contributed by atoms with Gasteiger partial charge in [-0.1, -0.05) is 81.4 Å². The van der Waals surface area contributed by atoms with Crippen molar-refractivity contribution >= 4 is 38.4 Å². The minimum absolute atomic E-state index is 0. The van der Waals surface area contributed by atoms with Gasteiger partial charge in [0.1, 0.15) is 0 Å². The van der Waals surface area contributed by atoms with Crippen LogP contribution in [0.5, 0.6) is 0 Å². The van der Waals surface area contributed by atoms with Crippen LogP contribution in [0, 0.1) is 17.9 Å². The number of hydrogen-bond donors (Lipinski definition) is 0. The Bertz CT molecular complexity index is 689. The topological polar surface area (TPSA) is 33.0 Å². The van der Waals surface area contributed by atoms with Gasteiger partial charge in [-0.3, -0.25) is 0 Å². The van der Waals surface area contributed by atoms with Crippen molar-refractivity contribution in [3.05, 3.63) is 85.6 Å². The summed E-state index contributed by atoms with van der Waals surface area (Å²) in [5, 5.41) is 8.94. The first kappa shape index (κ1) is 30.7. The van der Waals surface area contributed by atoms with Crippen LogP contribution in [0.1, 0.15) is 33.6 Å². The second-order valence-corrected chi connectivity index (χ2v) is 11.3. The number of benzene rings is 2. The van der Waals surface area contributed by atoms with Crippen LogP contribution in [0.25, 0.3) is 0 Å². The molecule has 154 valence electrons. The van der Waals surface area contributed by atoms with Crippen molar-refractivity contribution in [2.24, 2.45) is 0 Å². The Hall–Kier alpha value is -0.500. The summed E-state index contributed by atoms with van der Waals surface area (Å²) in [6.07, 6.45) is 4.80. The zero-order valence-corrected chi connectivity index (χ0v) is 24.4. The van der Waals surface area contributed by atoms with E-state index in [1.807, 2.05) is 0 Å². The van der Waals surface area contributed by atoms with Gasteiger partial charge in [0.15, 0.2) is 0 Å². The monoisotopic (exact) mass is 615 g/mol. The van der Waals surface area contributed by atoms with Crippen molar-refractivity contribution in [3.8, 4) is 0 Å². The summed E-state index contributed by atoms with van der Waals surface area (Å²) >= 11 is 3.62. The molecule has 0 radical (unpaired) electrons. The molecular formula is C23H27CuINOSiZn. The third-order valence-electron chi connectivity index (χ3n) is 4.31. The molecule has 0 N–H and O–H groups in total. The Morgan fingerprint density at radius 1 is 1.03 bits per heavy atom. The maximum absolute atomic E-state index is 6.76. The van der Waals surface area contributed by atoms with Gasteiger partial charge in [0, 0.05) is 6.61 Å². The van der Waals surface area contributed by atoms with Crippen LogP contribution in [-0.4, -0.2) is 14.9 Å². The number of nitrogens with zero attached hydrogens (tertiary/aromatic N) is 1. The Balaban J connectivity index is 0. The first-order chi connectivity index (χ1) is 13.5. The van der Waals surface area contributed by atoms with E-state index in [-0.39, 0.29) is 22.1 Å². The van der Waals surface area contributed by atoms with Crippen molar-refractivity contribution in [1.82, 2.24) is 0 Å². The molecule has 0 heterocycles. The number of rotatable bonds is 7. The Morgan fingerprint density at radius 3 is 1.79 bits per heavy atom. The van der Waals surface area contributed by atoms with Crippen LogP contribution < -0.4 is 10.4 Å². The normalized spacial score (nSPS) is 10.1. The number of allylic oxidation sites excluding steroid dienone is 1.